The standard InChI is InChI=1S/C6H9FN2O2S/c7-1-2-9-5(11)4(3-10)8-6(9)12/h4,10H,1-3H2,(H,8,12)/t4-/m1/s1. The van der Waals surface area contributed by atoms with Crippen molar-refractivity contribution in [3.8, 4) is 0 Å². The lowest BCUT2D eigenvalue weighted by atomic mass is 10.3. The van der Waals surface area contributed by atoms with E-state index in [2.05, 4.69) is 5.32 Å². The molecular weight excluding hydrogens is 183 g/mol. The zero-order chi connectivity index (χ0) is 9.14. The van der Waals surface area contributed by atoms with Crippen LogP contribution in [0.2, 0.25) is 0 Å². The van der Waals surface area contributed by atoms with Gasteiger partial charge in [-0.3, -0.25) is 9.69 Å². The lowest BCUT2D eigenvalue weighted by Crippen LogP contribution is -2.34. The molecule has 1 aliphatic rings. The highest BCUT2D eigenvalue weighted by molar-refractivity contribution is 7.80. The summed E-state index contributed by atoms with van der Waals surface area (Å²) in [4.78, 5) is 12.3. The molecule has 0 spiro atoms. The molecule has 1 aliphatic heterocycles. The van der Waals surface area contributed by atoms with Crippen molar-refractivity contribution in [2.75, 3.05) is 19.8 Å². The highest BCUT2D eigenvalue weighted by Crippen LogP contribution is 2.05. The fourth-order valence-corrected chi connectivity index (χ4v) is 1.32. The van der Waals surface area contributed by atoms with Crippen LogP contribution in [0.25, 0.3) is 0 Å². The molecule has 1 saturated heterocycles. The van der Waals surface area contributed by atoms with Gasteiger partial charge < -0.3 is 10.4 Å². The molecule has 0 radical (unpaired) electrons. The molecule has 12 heavy (non-hydrogen) atoms. The van der Waals surface area contributed by atoms with Crippen LogP contribution < -0.4 is 5.32 Å². The number of alkyl halides is 1. The predicted molar refractivity (Wildman–Crippen MR) is 44.3 cm³/mol. The van der Waals surface area contributed by atoms with Gasteiger partial charge in [-0.2, -0.15) is 0 Å². The molecule has 1 fully saturated rings. The number of aliphatic hydroxyl groups excluding tert-OH is 1. The predicted octanol–water partition coefficient (Wildman–Crippen LogP) is -0.966. The van der Waals surface area contributed by atoms with Gasteiger partial charge in [-0.05, 0) is 12.2 Å². The number of carbonyl (C=O) groups is 1. The van der Waals surface area contributed by atoms with Crippen LogP contribution in [0.15, 0.2) is 0 Å². The molecule has 4 nitrogen and oxygen atoms in total. The fraction of sp³-hybridized carbons (Fsp3) is 0.667. The molecule has 0 bridgehead atoms. The first kappa shape index (κ1) is 9.34. The second kappa shape index (κ2) is 3.77. The van der Waals surface area contributed by atoms with Crippen LogP contribution in [0.1, 0.15) is 0 Å². The van der Waals surface area contributed by atoms with E-state index in [-0.39, 0.29) is 24.2 Å². The minimum atomic E-state index is -0.691. The van der Waals surface area contributed by atoms with E-state index in [9.17, 15) is 9.18 Å². The van der Waals surface area contributed by atoms with E-state index >= 15 is 0 Å². The van der Waals surface area contributed by atoms with Gasteiger partial charge in [0.25, 0.3) is 5.91 Å². The number of thiocarbonyl (C=S) groups is 1. The molecule has 0 aromatic carbocycles. The first-order valence-corrected chi connectivity index (χ1v) is 3.90. The van der Waals surface area contributed by atoms with Gasteiger partial charge >= 0.3 is 0 Å². The van der Waals surface area contributed by atoms with Crippen LogP contribution in [0.3, 0.4) is 0 Å². The van der Waals surface area contributed by atoms with Crippen molar-refractivity contribution in [1.82, 2.24) is 10.2 Å². The first-order chi connectivity index (χ1) is 5.70. The van der Waals surface area contributed by atoms with Crippen molar-refractivity contribution in [2.45, 2.75) is 6.04 Å². The minimum Gasteiger partial charge on any atom is -0.394 e. The number of amides is 1. The van der Waals surface area contributed by atoms with Gasteiger partial charge in [0.2, 0.25) is 0 Å². The van der Waals surface area contributed by atoms with Crippen molar-refractivity contribution >= 4 is 23.2 Å². The van der Waals surface area contributed by atoms with Gasteiger partial charge in [0.05, 0.1) is 13.2 Å². The van der Waals surface area contributed by atoms with Crippen LogP contribution in [0.4, 0.5) is 4.39 Å². The van der Waals surface area contributed by atoms with Crippen molar-refractivity contribution in [2.24, 2.45) is 0 Å². The molecule has 68 valence electrons. The van der Waals surface area contributed by atoms with E-state index < -0.39 is 12.7 Å². The molecule has 0 aromatic rings. The Morgan fingerprint density at radius 1 is 1.75 bits per heavy atom. The Labute approximate surface area is 74.3 Å². The average Bonchev–Trinajstić information content (AvgIpc) is 2.32. The number of carbonyl (C=O) groups excluding carboxylic acids is 1. The first-order valence-electron chi connectivity index (χ1n) is 3.49. The summed E-state index contributed by atoms with van der Waals surface area (Å²) in [5, 5.41) is 11.4. The number of hydrogen-bond acceptors (Lipinski definition) is 3. The largest absolute Gasteiger partial charge is 0.394 e. The van der Waals surface area contributed by atoms with Gasteiger partial charge in [0.1, 0.15) is 12.7 Å². The Balaban J connectivity index is 2.64. The van der Waals surface area contributed by atoms with Crippen molar-refractivity contribution in [3.63, 3.8) is 0 Å². The van der Waals surface area contributed by atoms with Crippen LogP contribution in [0, 0.1) is 0 Å². The number of rotatable bonds is 3. The zero-order valence-corrected chi connectivity index (χ0v) is 7.10. The Kier molecular flexibility index (Phi) is 2.93. The van der Waals surface area contributed by atoms with Crippen molar-refractivity contribution in [3.05, 3.63) is 0 Å². The quantitative estimate of drug-likeness (QED) is 0.565. The van der Waals surface area contributed by atoms with Gasteiger partial charge in [-0.1, -0.05) is 0 Å². The van der Waals surface area contributed by atoms with Crippen LogP contribution in [0.5, 0.6) is 0 Å². The maximum atomic E-state index is 11.9. The maximum absolute atomic E-state index is 11.9. The van der Waals surface area contributed by atoms with Gasteiger partial charge in [0, 0.05) is 0 Å². The van der Waals surface area contributed by atoms with E-state index in [0.717, 1.165) is 4.90 Å². The summed E-state index contributed by atoms with van der Waals surface area (Å²) in [7, 11) is 0. The van der Waals surface area contributed by atoms with Crippen LogP contribution in [-0.4, -0.2) is 46.9 Å². The lowest BCUT2D eigenvalue weighted by molar-refractivity contribution is -0.127. The monoisotopic (exact) mass is 192 g/mol. The molecule has 1 heterocycles. The van der Waals surface area contributed by atoms with E-state index in [4.69, 9.17) is 17.3 Å². The van der Waals surface area contributed by atoms with E-state index in [1.54, 1.807) is 0 Å². The fourth-order valence-electron chi connectivity index (χ4n) is 0.997. The second-order valence-electron chi connectivity index (χ2n) is 2.36. The Morgan fingerprint density at radius 3 is 2.83 bits per heavy atom. The summed E-state index contributed by atoms with van der Waals surface area (Å²) in [5.74, 6) is -0.361. The molecular formula is C6H9FN2O2S. The lowest BCUT2D eigenvalue weighted by Gasteiger charge is -2.11. The normalized spacial score (nSPS) is 23.2. The van der Waals surface area contributed by atoms with Gasteiger partial charge in [-0.15, -0.1) is 0 Å². The molecule has 1 rings (SSSR count). The molecule has 2 N–H and O–H groups in total. The molecule has 0 aliphatic carbocycles. The number of nitrogens with zero attached hydrogens (tertiary/aromatic N) is 1. The Bertz CT molecular complexity index is 212. The average molecular weight is 192 g/mol. The summed E-state index contributed by atoms with van der Waals surface area (Å²) < 4.78 is 11.9. The highest BCUT2D eigenvalue weighted by Gasteiger charge is 2.34. The van der Waals surface area contributed by atoms with Crippen LogP contribution in [-0.2, 0) is 4.79 Å². The Morgan fingerprint density at radius 2 is 2.42 bits per heavy atom. The highest BCUT2D eigenvalue weighted by atomic mass is 32.1. The van der Waals surface area contributed by atoms with E-state index in [1.807, 2.05) is 0 Å². The topological polar surface area (TPSA) is 52.6 Å². The molecule has 0 aromatic heterocycles. The molecule has 6 heteroatoms. The molecule has 1 atom stereocenters. The summed E-state index contributed by atoms with van der Waals surface area (Å²) in [6.45, 7) is -0.991. The third-order valence-corrected chi connectivity index (χ3v) is 1.94. The molecule has 0 saturated carbocycles. The summed E-state index contributed by atoms with van der Waals surface area (Å²) in [6.07, 6.45) is 0. The minimum absolute atomic E-state index is 0.0405. The zero-order valence-electron chi connectivity index (χ0n) is 6.29. The van der Waals surface area contributed by atoms with Gasteiger partial charge in [0.15, 0.2) is 5.11 Å². The third kappa shape index (κ3) is 1.54. The molecule has 0 unspecified atom stereocenters. The van der Waals surface area contributed by atoms with Crippen LogP contribution >= 0.6 is 12.2 Å². The number of hydrogen-bond donors (Lipinski definition) is 2. The number of nitrogens with one attached hydrogen (secondary N) is 1. The van der Waals surface area contributed by atoms with E-state index in [1.165, 1.54) is 0 Å². The van der Waals surface area contributed by atoms with E-state index in [0.29, 0.717) is 0 Å². The molecule has 1 amide bonds. The summed E-state index contributed by atoms with van der Waals surface area (Å²) >= 11 is 4.74. The summed E-state index contributed by atoms with van der Waals surface area (Å²) in [5.41, 5.74) is 0. The SMILES string of the molecule is O=C1[C@@H](CO)NC(=S)N1CCF. The smallest absolute Gasteiger partial charge is 0.253 e. The maximum Gasteiger partial charge on any atom is 0.253 e. The third-order valence-electron chi connectivity index (χ3n) is 1.60. The number of aliphatic hydroxyl groups is 1. The van der Waals surface area contributed by atoms with Crippen molar-refractivity contribution in [1.29, 1.82) is 0 Å². The summed E-state index contributed by atoms with van der Waals surface area (Å²) in [6, 6.07) is -0.691. The Hall–Kier alpha value is -0.750. The number of halogens is 1. The van der Waals surface area contributed by atoms with Gasteiger partial charge in [-0.25, -0.2) is 4.39 Å². The van der Waals surface area contributed by atoms with Crippen molar-refractivity contribution < 1.29 is 14.3 Å². The second-order valence-corrected chi connectivity index (χ2v) is 2.75.